The number of hydrogen-bond donors (Lipinski definition) is 1. The van der Waals surface area contributed by atoms with Gasteiger partial charge in [-0.3, -0.25) is 4.79 Å². The molecule has 2 rings (SSSR count). The van der Waals surface area contributed by atoms with Crippen LogP contribution in [0.3, 0.4) is 0 Å². The molecule has 22 heavy (non-hydrogen) atoms. The molecule has 7 heteroatoms. The van der Waals surface area contributed by atoms with Gasteiger partial charge in [-0.2, -0.15) is 0 Å². The molecule has 0 aliphatic rings. The Bertz CT molecular complexity index is 775. The third-order valence-electron chi connectivity index (χ3n) is 2.75. The van der Waals surface area contributed by atoms with Crippen molar-refractivity contribution < 1.29 is 22.3 Å². The standard InChI is InChI=1S/C15H14FNO4S/c1-22(19,20)12-7-8-13(16)14(9-12)17-15(18)10-21-11-5-3-2-4-6-11/h2-9H,10H2,1H3,(H,17,18). The summed E-state index contributed by atoms with van der Waals surface area (Å²) in [5.74, 6) is -0.808. The van der Waals surface area contributed by atoms with Gasteiger partial charge in [0.05, 0.1) is 10.6 Å². The van der Waals surface area contributed by atoms with Crippen molar-refractivity contribution in [3.63, 3.8) is 0 Å². The molecular formula is C15H14FNO4S. The van der Waals surface area contributed by atoms with E-state index in [1.165, 1.54) is 0 Å². The van der Waals surface area contributed by atoms with Gasteiger partial charge in [-0.05, 0) is 30.3 Å². The Morgan fingerprint density at radius 3 is 2.50 bits per heavy atom. The van der Waals surface area contributed by atoms with Gasteiger partial charge in [-0.15, -0.1) is 0 Å². The fourth-order valence-electron chi connectivity index (χ4n) is 1.68. The molecule has 0 saturated heterocycles. The number of hydrogen-bond acceptors (Lipinski definition) is 4. The van der Waals surface area contributed by atoms with Crippen LogP contribution >= 0.6 is 0 Å². The first-order valence-corrected chi connectivity index (χ1v) is 8.23. The summed E-state index contributed by atoms with van der Waals surface area (Å²) in [7, 11) is -3.48. The highest BCUT2D eigenvalue weighted by Gasteiger charge is 2.13. The summed E-state index contributed by atoms with van der Waals surface area (Å²) in [5, 5.41) is 2.29. The second-order valence-electron chi connectivity index (χ2n) is 4.56. The minimum Gasteiger partial charge on any atom is -0.484 e. The van der Waals surface area contributed by atoms with E-state index < -0.39 is 21.6 Å². The fourth-order valence-corrected chi connectivity index (χ4v) is 2.33. The molecule has 2 aromatic carbocycles. The van der Waals surface area contributed by atoms with E-state index in [1.807, 2.05) is 0 Å². The molecule has 0 saturated carbocycles. The number of halogens is 1. The minimum atomic E-state index is -3.48. The van der Waals surface area contributed by atoms with Gasteiger partial charge in [-0.25, -0.2) is 12.8 Å². The van der Waals surface area contributed by atoms with E-state index in [0.717, 1.165) is 24.5 Å². The van der Waals surface area contributed by atoms with Crippen LogP contribution in [-0.4, -0.2) is 27.2 Å². The van der Waals surface area contributed by atoms with E-state index >= 15 is 0 Å². The molecule has 0 atom stereocenters. The Morgan fingerprint density at radius 1 is 1.18 bits per heavy atom. The van der Waals surface area contributed by atoms with Gasteiger partial charge in [0.15, 0.2) is 16.4 Å². The summed E-state index contributed by atoms with van der Waals surface area (Å²) in [6.07, 6.45) is 1.00. The van der Waals surface area contributed by atoms with Crippen LogP contribution in [0.5, 0.6) is 5.75 Å². The predicted octanol–water partition coefficient (Wildman–Crippen LogP) is 2.25. The molecular weight excluding hydrogens is 309 g/mol. The molecule has 0 bridgehead atoms. The lowest BCUT2D eigenvalue weighted by atomic mass is 10.3. The lowest BCUT2D eigenvalue weighted by Gasteiger charge is -2.09. The van der Waals surface area contributed by atoms with Crippen LogP contribution in [0.2, 0.25) is 0 Å². The van der Waals surface area contributed by atoms with Gasteiger partial charge in [0.1, 0.15) is 11.6 Å². The molecule has 0 aliphatic heterocycles. The Kier molecular flexibility index (Phi) is 4.77. The summed E-state index contributed by atoms with van der Waals surface area (Å²) >= 11 is 0. The van der Waals surface area contributed by atoms with Gasteiger partial charge in [-0.1, -0.05) is 18.2 Å². The smallest absolute Gasteiger partial charge is 0.262 e. The van der Waals surface area contributed by atoms with Gasteiger partial charge >= 0.3 is 0 Å². The average molecular weight is 323 g/mol. The molecule has 0 fully saturated rings. The quantitative estimate of drug-likeness (QED) is 0.857. The number of rotatable bonds is 5. The van der Waals surface area contributed by atoms with Gasteiger partial charge in [0, 0.05) is 6.26 Å². The van der Waals surface area contributed by atoms with Crippen molar-refractivity contribution >= 4 is 21.4 Å². The second kappa shape index (κ2) is 6.57. The summed E-state index contributed by atoms with van der Waals surface area (Å²) < 4.78 is 41.7. The van der Waals surface area contributed by atoms with Crippen LogP contribution in [-0.2, 0) is 14.6 Å². The molecule has 0 spiro atoms. The minimum absolute atomic E-state index is 0.0758. The molecule has 2 aromatic rings. The zero-order valence-electron chi connectivity index (χ0n) is 11.7. The summed E-state index contributed by atoms with van der Waals surface area (Å²) in [6, 6.07) is 11.9. The first kappa shape index (κ1) is 16.0. The zero-order chi connectivity index (χ0) is 16.2. The largest absolute Gasteiger partial charge is 0.484 e. The lowest BCUT2D eigenvalue weighted by molar-refractivity contribution is -0.118. The third kappa shape index (κ3) is 4.29. The maximum absolute atomic E-state index is 13.6. The molecule has 0 radical (unpaired) electrons. The highest BCUT2D eigenvalue weighted by Crippen LogP contribution is 2.19. The Hall–Kier alpha value is -2.41. The molecule has 0 aromatic heterocycles. The SMILES string of the molecule is CS(=O)(=O)c1ccc(F)c(NC(=O)COc2ccccc2)c1. The van der Waals surface area contributed by atoms with Crippen LogP contribution < -0.4 is 10.1 Å². The number of nitrogens with one attached hydrogen (secondary N) is 1. The number of amides is 1. The summed E-state index contributed by atoms with van der Waals surface area (Å²) in [4.78, 5) is 11.7. The maximum Gasteiger partial charge on any atom is 0.262 e. The van der Waals surface area contributed by atoms with E-state index in [2.05, 4.69) is 5.32 Å². The van der Waals surface area contributed by atoms with Crippen LogP contribution in [0, 0.1) is 5.82 Å². The fraction of sp³-hybridized carbons (Fsp3) is 0.133. The number of anilines is 1. The molecule has 1 amide bonds. The molecule has 5 nitrogen and oxygen atoms in total. The first-order chi connectivity index (χ1) is 10.4. The van der Waals surface area contributed by atoms with Crippen molar-refractivity contribution in [2.24, 2.45) is 0 Å². The molecule has 0 heterocycles. The molecule has 1 N–H and O–H groups in total. The highest BCUT2D eigenvalue weighted by atomic mass is 32.2. The van der Waals surface area contributed by atoms with E-state index in [4.69, 9.17) is 4.74 Å². The van der Waals surface area contributed by atoms with Crippen molar-refractivity contribution in [1.29, 1.82) is 0 Å². The number of carbonyl (C=O) groups excluding carboxylic acids is 1. The van der Waals surface area contributed by atoms with Gasteiger partial charge in [0.2, 0.25) is 0 Å². The number of ether oxygens (including phenoxy) is 1. The van der Waals surface area contributed by atoms with Crippen LogP contribution in [0.4, 0.5) is 10.1 Å². The molecule has 0 unspecified atom stereocenters. The van der Waals surface area contributed by atoms with Crippen LogP contribution in [0.1, 0.15) is 0 Å². The van der Waals surface area contributed by atoms with E-state index in [9.17, 15) is 17.6 Å². The van der Waals surface area contributed by atoms with E-state index in [0.29, 0.717) is 5.75 Å². The number of carbonyl (C=O) groups is 1. The normalized spacial score (nSPS) is 11.0. The van der Waals surface area contributed by atoms with Crippen molar-refractivity contribution in [2.45, 2.75) is 4.90 Å². The highest BCUT2D eigenvalue weighted by molar-refractivity contribution is 7.90. The topological polar surface area (TPSA) is 72.5 Å². The first-order valence-electron chi connectivity index (χ1n) is 6.33. The Morgan fingerprint density at radius 2 is 1.86 bits per heavy atom. The maximum atomic E-state index is 13.6. The van der Waals surface area contributed by atoms with Crippen molar-refractivity contribution in [3.05, 3.63) is 54.3 Å². The average Bonchev–Trinajstić information content (AvgIpc) is 2.47. The van der Waals surface area contributed by atoms with Crippen molar-refractivity contribution in [3.8, 4) is 5.75 Å². The second-order valence-corrected chi connectivity index (χ2v) is 6.58. The number of benzene rings is 2. The summed E-state index contributed by atoms with van der Waals surface area (Å²) in [5.41, 5.74) is -0.204. The zero-order valence-corrected chi connectivity index (χ0v) is 12.6. The third-order valence-corrected chi connectivity index (χ3v) is 3.86. The summed E-state index contributed by atoms with van der Waals surface area (Å²) in [6.45, 7) is -0.313. The van der Waals surface area contributed by atoms with Crippen LogP contribution in [0.25, 0.3) is 0 Å². The van der Waals surface area contributed by atoms with Gasteiger partial charge < -0.3 is 10.1 Å². The predicted molar refractivity (Wildman–Crippen MR) is 80.1 cm³/mol. The Labute approximate surface area is 127 Å². The number of sulfone groups is 1. The molecule has 0 aliphatic carbocycles. The lowest BCUT2D eigenvalue weighted by Crippen LogP contribution is -2.21. The number of para-hydroxylation sites is 1. The van der Waals surface area contributed by atoms with Crippen LogP contribution in [0.15, 0.2) is 53.4 Å². The van der Waals surface area contributed by atoms with E-state index in [1.54, 1.807) is 30.3 Å². The van der Waals surface area contributed by atoms with Gasteiger partial charge in [0.25, 0.3) is 5.91 Å². The van der Waals surface area contributed by atoms with E-state index in [-0.39, 0.29) is 17.2 Å². The Balaban J connectivity index is 2.05. The van der Waals surface area contributed by atoms with Crippen molar-refractivity contribution in [2.75, 3.05) is 18.2 Å². The monoisotopic (exact) mass is 323 g/mol. The molecule has 116 valence electrons. The van der Waals surface area contributed by atoms with Crippen molar-refractivity contribution in [1.82, 2.24) is 0 Å².